The third-order valence-corrected chi connectivity index (χ3v) is 11.1. The zero-order valence-corrected chi connectivity index (χ0v) is 39.7. The van der Waals surface area contributed by atoms with Crippen molar-refractivity contribution in [3.63, 3.8) is 0 Å². The first-order valence-corrected chi connectivity index (χ1v) is 25.6. The summed E-state index contributed by atoms with van der Waals surface area (Å²) in [5.74, 6) is -0.907. The zero-order valence-electron chi connectivity index (χ0n) is 39.7. The Morgan fingerprint density at radius 2 is 0.600 bits per heavy atom. The van der Waals surface area contributed by atoms with Crippen LogP contribution in [-0.2, 0) is 28.6 Å². The van der Waals surface area contributed by atoms with Gasteiger partial charge in [-0.1, -0.05) is 204 Å². The van der Waals surface area contributed by atoms with Crippen LogP contribution in [0.5, 0.6) is 0 Å². The van der Waals surface area contributed by atoms with Crippen LogP contribution >= 0.6 is 0 Å². The second-order valence-corrected chi connectivity index (χ2v) is 17.1. The minimum absolute atomic E-state index is 0.0805. The topological polar surface area (TPSA) is 78.9 Å². The molecule has 0 saturated carbocycles. The molecule has 0 radical (unpaired) electrons. The van der Waals surface area contributed by atoms with E-state index >= 15 is 0 Å². The van der Waals surface area contributed by atoms with Crippen molar-refractivity contribution in [2.75, 3.05) is 13.2 Å². The molecule has 6 nitrogen and oxygen atoms in total. The summed E-state index contributed by atoms with van der Waals surface area (Å²) >= 11 is 0. The molecule has 0 amide bonds. The maximum atomic E-state index is 12.7. The Balaban J connectivity index is 4.23. The van der Waals surface area contributed by atoms with E-state index in [-0.39, 0.29) is 31.1 Å². The van der Waals surface area contributed by atoms with Crippen LogP contribution < -0.4 is 0 Å². The molecule has 0 rings (SSSR count). The first-order valence-electron chi connectivity index (χ1n) is 25.6. The van der Waals surface area contributed by atoms with Crippen molar-refractivity contribution in [2.45, 2.75) is 264 Å². The molecule has 0 aromatic rings. The highest BCUT2D eigenvalue weighted by Gasteiger charge is 2.19. The van der Waals surface area contributed by atoms with E-state index in [1.807, 2.05) is 0 Å². The largest absolute Gasteiger partial charge is 0.462 e. The third-order valence-electron chi connectivity index (χ3n) is 11.1. The summed E-state index contributed by atoms with van der Waals surface area (Å²) < 4.78 is 16.7. The molecule has 0 aliphatic rings. The van der Waals surface area contributed by atoms with Crippen LogP contribution in [0.15, 0.2) is 48.6 Å². The van der Waals surface area contributed by atoms with Crippen LogP contribution in [-0.4, -0.2) is 37.2 Å². The van der Waals surface area contributed by atoms with Crippen molar-refractivity contribution in [1.82, 2.24) is 0 Å². The molecule has 0 aliphatic heterocycles. The Labute approximate surface area is 371 Å². The van der Waals surface area contributed by atoms with Gasteiger partial charge in [0.05, 0.1) is 0 Å². The van der Waals surface area contributed by atoms with Crippen molar-refractivity contribution >= 4 is 17.9 Å². The lowest BCUT2D eigenvalue weighted by Gasteiger charge is -2.18. The van der Waals surface area contributed by atoms with E-state index in [9.17, 15) is 14.4 Å². The number of hydrogen-bond acceptors (Lipinski definition) is 6. The van der Waals surface area contributed by atoms with Crippen LogP contribution in [0.25, 0.3) is 0 Å². The van der Waals surface area contributed by atoms with E-state index in [4.69, 9.17) is 14.2 Å². The molecule has 0 aliphatic carbocycles. The molecule has 0 fully saturated rings. The summed E-state index contributed by atoms with van der Waals surface area (Å²) in [4.78, 5) is 37.7. The van der Waals surface area contributed by atoms with Gasteiger partial charge in [0.25, 0.3) is 0 Å². The Hall–Kier alpha value is -2.63. The number of rotatable bonds is 46. The lowest BCUT2D eigenvalue weighted by atomic mass is 10.1. The highest BCUT2D eigenvalue weighted by molar-refractivity contribution is 5.71. The maximum Gasteiger partial charge on any atom is 0.306 e. The van der Waals surface area contributed by atoms with Gasteiger partial charge in [-0.15, -0.1) is 0 Å². The molecule has 6 heteroatoms. The molecule has 1 unspecified atom stereocenters. The molecule has 0 aromatic carbocycles. The van der Waals surface area contributed by atoms with E-state index in [1.54, 1.807) is 0 Å². The molecular formula is C54H96O6. The van der Waals surface area contributed by atoms with Crippen molar-refractivity contribution in [2.24, 2.45) is 0 Å². The van der Waals surface area contributed by atoms with Gasteiger partial charge in [-0.25, -0.2) is 0 Å². The van der Waals surface area contributed by atoms with Gasteiger partial charge in [0.15, 0.2) is 6.10 Å². The van der Waals surface area contributed by atoms with Crippen molar-refractivity contribution in [3.05, 3.63) is 48.6 Å². The van der Waals surface area contributed by atoms with Gasteiger partial charge >= 0.3 is 17.9 Å². The van der Waals surface area contributed by atoms with E-state index in [1.165, 1.54) is 128 Å². The summed E-state index contributed by atoms with van der Waals surface area (Å²) in [6, 6.07) is 0. The predicted molar refractivity (Wildman–Crippen MR) is 256 cm³/mol. The number of allylic oxidation sites excluding steroid dienone is 8. The number of hydrogen-bond donors (Lipinski definition) is 0. The van der Waals surface area contributed by atoms with Gasteiger partial charge in [-0.05, 0) is 83.5 Å². The molecule has 348 valence electrons. The average molecular weight is 841 g/mol. The zero-order chi connectivity index (χ0) is 43.7. The number of ether oxygens (including phenoxy) is 3. The minimum Gasteiger partial charge on any atom is -0.462 e. The predicted octanol–water partition coefficient (Wildman–Crippen LogP) is 16.7. The van der Waals surface area contributed by atoms with Crippen LogP contribution in [0.1, 0.15) is 258 Å². The molecule has 0 saturated heterocycles. The molecule has 0 N–H and O–H groups in total. The summed E-state index contributed by atoms with van der Waals surface area (Å²) in [7, 11) is 0. The van der Waals surface area contributed by atoms with E-state index in [2.05, 4.69) is 69.4 Å². The number of esters is 3. The summed E-state index contributed by atoms with van der Waals surface area (Å²) in [5, 5.41) is 0. The molecule has 0 heterocycles. The summed E-state index contributed by atoms with van der Waals surface area (Å²) in [6.45, 7) is 6.55. The molecule has 0 aromatic heterocycles. The standard InChI is InChI=1S/C54H96O6/c1-4-7-10-13-16-18-20-22-24-25-26-27-28-29-31-32-34-36-38-41-44-47-53(56)59-50-51(49-58-52(55)46-43-40-15-12-9-6-3)60-54(57)48-45-42-39-37-35-33-30-23-21-19-17-14-11-8-5-2/h20,22-23,25-26,28-30,51H,4-19,21,24,27,31-50H2,1-3H3/b22-20-,26-25-,29-28-,30-23-. The third kappa shape index (κ3) is 46.4. The Morgan fingerprint density at radius 3 is 0.950 bits per heavy atom. The second kappa shape index (κ2) is 49.0. The van der Waals surface area contributed by atoms with Gasteiger partial charge in [-0.2, -0.15) is 0 Å². The second-order valence-electron chi connectivity index (χ2n) is 17.1. The maximum absolute atomic E-state index is 12.7. The van der Waals surface area contributed by atoms with Gasteiger partial charge in [-0.3, -0.25) is 14.4 Å². The first kappa shape index (κ1) is 57.4. The van der Waals surface area contributed by atoms with Crippen LogP contribution in [0.2, 0.25) is 0 Å². The van der Waals surface area contributed by atoms with Gasteiger partial charge < -0.3 is 14.2 Å². The highest BCUT2D eigenvalue weighted by atomic mass is 16.6. The Morgan fingerprint density at radius 1 is 0.333 bits per heavy atom. The SMILES string of the molecule is CCCCCCC/C=C\C/C=C\C/C=C\CCCCCCCCC(=O)OCC(COC(=O)CCCCCCCC)OC(=O)CCCCCCC/C=C\CCCCCCCC. The normalized spacial score (nSPS) is 12.4. The average Bonchev–Trinajstić information content (AvgIpc) is 3.24. The minimum atomic E-state index is -0.778. The lowest BCUT2D eigenvalue weighted by molar-refractivity contribution is -0.167. The number of unbranched alkanes of at least 4 members (excludes halogenated alkanes) is 27. The fourth-order valence-corrected chi connectivity index (χ4v) is 7.15. The summed E-state index contributed by atoms with van der Waals surface area (Å²) in [5.41, 5.74) is 0. The van der Waals surface area contributed by atoms with Gasteiger partial charge in [0.2, 0.25) is 0 Å². The molecule has 60 heavy (non-hydrogen) atoms. The van der Waals surface area contributed by atoms with E-state index in [0.29, 0.717) is 19.3 Å². The molecule has 1 atom stereocenters. The summed E-state index contributed by atoms with van der Waals surface area (Å²) in [6.07, 6.45) is 58.3. The van der Waals surface area contributed by atoms with Gasteiger partial charge in [0, 0.05) is 19.3 Å². The van der Waals surface area contributed by atoms with Crippen molar-refractivity contribution in [1.29, 1.82) is 0 Å². The van der Waals surface area contributed by atoms with Crippen molar-refractivity contribution < 1.29 is 28.6 Å². The molecular weight excluding hydrogens is 745 g/mol. The fourth-order valence-electron chi connectivity index (χ4n) is 7.15. The number of carbonyl (C=O) groups is 3. The van der Waals surface area contributed by atoms with Crippen molar-refractivity contribution in [3.8, 4) is 0 Å². The van der Waals surface area contributed by atoms with Crippen LogP contribution in [0.3, 0.4) is 0 Å². The molecule has 0 bridgehead atoms. The number of carbonyl (C=O) groups excluding carboxylic acids is 3. The first-order chi connectivity index (χ1) is 29.5. The Kier molecular flexibility index (Phi) is 46.9. The highest BCUT2D eigenvalue weighted by Crippen LogP contribution is 2.14. The molecule has 0 spiro atoms. The Bertz CT molecular complexity index is 1060. The monoisotopic (exact) mass is 841 g/mol. The smallest absolute Gasteiger partial charge is 0.306 e. The van der Waals surface area contributed by atoms with Crippen LogP contribution in [0.4, 0.5) is 0 Å². The lowest BCUT2D eigenvalue weighted by Crippen LogP contribution is -2.30. The van der Waals surface area contributed by atoms with E-state index in [0.717, 1.165) is 89.9 Å². The van der Waals surface area contributed by atoms with E-state index < -0.39 is 6.10 Å². The van der Waals surface area contributed by atoms with Gasteiger partial charge in [0.1, 0.15) is 13.2 Å². The quantitative estimate of drug-likeness (QED) is 0.0263. The van der Waals surface area contributed by atoms with Crippen LogP contribution in [0, 0.1) is 0 Å². The fraction of sp³-hybridized carbons (Fsp3) is 0.796.